The van der Waals surface area contributed by atoms with Gasteiger partial charge >= 0.3 is 0 Å². The second kappa shape index (κ2) is 5.74. The van der Waals surface area contributed by atoms with Crippen LogP contribution >= 0.6 is 0 Å². The largest absolute Gasteiger partial charge is 0.353 e. The quantitative estimate of drug-likeness (QED) is 0.848. The van der Waals surface area contributed by atoms with Gasteiger partial charge in [-0.2, -0.15) is 5.10 Å². The Balaban J connectivity index is 1.64. The molecule has 7 heteroatoms. The fraction of sp³-hybridized carbons (Fsp3) is 0.286. The number of H-pyrrole nitrogens is 1. The van der Waals surface area contributed by atoms with Crippen molar-refractivity contribution < 1.29 is 4.79 Å². The van der Waals surface area contributed by atoms with Crippen LogP contribution in [0.15, 0.2) is 41.3 Å². The zero-order valence-electron chi connectivity index (χ0n) is 11.4. The van der Waals surface area contributed by atoms with E-state index in [1.165, 1.54) is 12.1 Å². The molecule has 0 aliphatic carbocycles. The van der Waals surface area contributed by atoms with Crippen LogP contribution in [0.4, 0.5) is 5.82 Å². The number of rotatable bonds is 2. The third-order valence-corrected chi connectivity index (χ3v) is 3.44. The van der Waals surface area contributed by atoms with Gasteiger partial charge in [-0.1, -0.05) is 6.07 Å². The zero-order valence-corrected chi connectivity index (χ0v) is 11.4. The molecule has 0 atom stereocenters. The Morgan fingerprint density at radius 3 is 2.52 bits per heavy atom. The highest BCUT2D eigenvalue weighted by Gasteiger charge is 2.23. The first-order valence-electron chi connectivity index (χ1n) is 6.75. The van der Waals surface area contributed by atoms with Crippen molar-refractivity contribution in [3.05, 3.63) is 52.6 Å². The molecule has 1 saturated heterocycles. The van der Waals surface area contributed by atoms with Gasteiger partial charge < -0.3 is 9.80 Å². The molecular formula is C14H15N5O2. The Labute approximate surface area is 121 Å². The van der Waals surface area contributed by atoms with Crippen LogP contribution in [-0.2, 0) is 0 Å². The summed E-state index contributed by atoms with van der Waals surface area (Å²) < 4.78 is 0. The van der Waals surface area contributed by atoms with E-state index in [-0.39, 0.29) is 17.2 Å². The molecule has 1 aliphatic rings. The number of carbonyl (C=O) groups is 1. The van der Waals surface area contributed by atoms with Gasteiger partial charge in [0.25, 0.3) is 11.5 Å². The monoisotopic (exact) mass is 285 g/mol. The minimum atomic E-state index is -0.313. The second-order valence-electron chi connectivity index (χ2n) is 4.77. The molecule has 0 spiro atoms. The summed E-state index contributed by atoms with van der Waals surface area (Å²) in [7, 11) is 0. The molecule has 1 fully saturated rings. The van der Waals surface area contributed by atoms with E-state index in [0.29, 0.717) is 13.1 Å². The highest BCUT2D eigenvalue weighted by Crippen LogP contribution is 2.13. The van der Waals surface area contributed by atoms with Crippen LogP contribution in [0.1, 0.15) is 10.5 Å². The Bertz CT molecular complexity index is 657. The van der Waals surface area contributed by atoms with E-state index < -0.39 is 0 Å². The highest BCUT2D eigenvalue weighted by atomic mass is 16.2. The van der Waals surface area contributed by atoms with E-state index >= 15 is 0 Å². The van der Waals surface area contributed by atoms with Crippen LogP contribution in [0.25, 0.3) is 0 Å². The average molecular weight is 285 g/mol. The van der Waals surface area contributed by atoms with Crippen LogP contribution in [0, 0.1) is 0 Å². The first-order chi connectivity index (χ1) is 10.2. The van der Waals surface area contributed by atoms with Gasteiger partial charge in [0.05, 0.1) is 0 Å². The molecule has 0 bridgehead atoms. The standard InChI is InChI=1S/C14H15N5O2/c20-13-5-4-11(16-17-13)14(21)19-9-7-18(8-10-19)12-3-1-2-6-15-12/h1-6H,7-10H2,(H,17,20). The maximum Gasteiger partial charge on any atom is 0.274 e. The molecule has 1 aliphatic heterocycles. The van der Waals surface area contributed by atoms with Crippen molar-refractivity contribution in [2.75, 3.05) is 31.1 Å². The molecule has 0 saturated carbocycles. The molecule has 3 heterocycles. The molecule has 0 aromatic carbocycles. The minimum absolute atomic E-state index is 0.160. The zero-order chi connectivity index (χ0) is 14.7. The molecule has 0 unspecified atom stereocenters. The smallest absolute Gasteiger partial charge is 0.274 e. The van der Waals surface area contributed by atoms with Gasteiger partial charge in [0.15, 0.2) is 0 Å². The SMILES string of the molecule is O=C(c1ccc(=O)[nH]n1)N1CCN(c2ccccn2)CC1. The molecule has 1 amide bonds. The number of nitrogens with zero attached hydrogens (tertiary/aromatic N) is 4. The summed E-state index contributed by atoms with van der Waals surface area (Å²) in [5, 5.41) is 6.06. The van der Waals surface area contributed by atoms with Crippen molar-refractivity contribution in [2.24, 2.45) is 0 Å². The van der Waals surface area contributed by atoms with Crippen molar-refractivity contribution in [1.29, 1.82) is 0 Å². The molecule has 2 aromatic rings. The van der Waals surface area contributed by atoms with E-state index in [1.54, 1.807) is 11.1 Å². The molecular weight excluding hydrogens is 270 g/mol. The number of carbonyl (C=O) groups excluding carboxylic acids is 1. The Kier molecular flexibility index (Phi) is 3.63. The molecule has 2 aromatic heterocycles. The summed E-state index contributed by atoms with van der Waals surface area (Å²) in [6, 6.07) is 8.55. The number of aromatic nitrogens is 3. The van der Waals surface area contributed by atoms with Gasteiger partial charge in [0.1, 0.15) is 11.5 Å². The lowest BCUT2D eigenvalue weighted by Crippen LogP contribution is -2.49. The number of piperazine rings is 1. The predicted molar refractivity (Wildman–Crippen MR) is 77.2 cm³/mol. The van der Waals surface area contributed by atoms with Crippen molar-refractivity contribution >= 4 is 11.7 Å². The summed E-state index contributed by atoms with van der Waals surface area (Å²) in [5.74, 6) is 0.763. The lowest BCUT2D eigenvalue weighted by atomic mass is 10.2. The van der Waals surface area contributed by atoms with Crippen LogP contribution in [0.2, 0.25) is 0 Å². The predicted octanol–water partition coefficient (Wildman–Crippen LogP) is 0.127. The third-order valence-electron chi connectivity index (χ3n) is 3.44. The second-order valence-corrected chi connectivity index (χ2v) is 4.77. The lowest BCUT2D eigenvalue weighted by molar-refractivity contribution is 0.0739. The molecule has 3 rings (SSSR count). The molecule has 0 radical (unpaired) electrons. The molecule has 1 N–H and O–H groups in total. The van der Waals surface area contributed by atoms with E-state index in [2.05, 4.69) is 20.1 Å². The van der Waals surface area contributed by atoms with Crippen molar-refractivity contribution in [3.8, 4) is 0 Å². The number of aromatic amines is 1. The van der Waals surface area contributed by atoms with Crippen LogP contribution in [0.3, 0.4) is 0 Å². The number of amides is 1. The average Bonchev–Trinajstić information content (AvgIpc) is 2.56. The molecule has 7 nitrogen and oxygen atoms in total. The Morgan fingerprint density at radius 2 is 1.90 bits per heavy atom. The van der Waals surface area contributed by atoms with Crippen molar-refractivity contribution in [3.63, 3.8) is 0 Å². The van der Waals surface area contributed by atoms with Crippen LogP contribution < -0.4 is 10.5 Å². The normalized spacial score (nSPS) is 15.0. The van der Waals surface area contributed by atoms with E-state index in [4.69, 9.17) is 0 Å². The van der Waals surface area contributed by atoms with Gasteiger partial charge in [-0.15, -0.1) is 0 Å². The Hall–Kier alpha value is -2.70. The van der Waals surface area contributed by atoms with Gasteiger partial charge in [-0.05, 0) is 18.2 Å². The summed E-state index contributed by atoms with van der Waals surface area (Å²) in [4.78, 5) is 31.4. The lowest BCUT2D eigenvalue weighted by Gasteiger charge is -2.35. The first-order valence-corrected chi connectivity index (χ1v) is 6.75. The number of nitrogens with one attached hydrogen (secondary N) is 1. The summed E-state index contributed by atoms with van der Waals surface area (Å²) >= 11 is 0. The van der Waals surface area contributed by atoms with Gasteiger partial charge in [-0.25, -0.2) is 10.1 Å². The van der Waals surface area contributed by atoms with Crippen LogP contribution in [-0.4, -0.2) is 52.2 Å². The third kappa shape index (κ3) is 2.91. The molecule has 108 valence electrons. The number of hydrogen-bond donors (Lipinski definition) is 1. The van der Waals surface area contributed by atoms with Crippen molar-refractivity contribution in [2.45, 2.75) is 0 Å². The highest BCUT2D eigenvalue weighted by molar-refractivity contribution is 5.92. The minimum Gasteiger partial charge on any atom is -0.353 e. The Morgan fingerprint density at radius 1 is 1.10 bits per heavy atom. The van der Waals surface area contributed by atoms with Gasteiger partial charge in [0.2, 0.25) is 0 Å². The fourth-order valence-electron chi connectivity index (χ4n) is 2.31. The maximum absolute atomic E-state index is 12.3. The summed E-state index contributed by atoms with van der Waals surface area (Å²) in [6.45, 7) is 2.67. The topological polar surface area (TPSA) is 82.2 Å². The summed E-state index contributed by atoms with van der Waals surface area (Å²) in [5.41, 5.74) is -0.0487. The van der Waals surface area contributed by atoms with Crippen LogP contribution in [0.5, 0.6) is 0 Å². The fourth-order valence-corrected chi connectivity index (χ4v) is 2.31. The molecule has 21 heavy (non-hydrogen) atoms. The first kappa shape index (κ1) is 13.3. The maximum atomic E-state index is 12.3. The number of hydrogen-bond acceptors (Lipinski definition) is 5. The summed E-state index contributed by atoms with van der Waals surface area (Å²) in [6.07, 6.45) is 1.76. The number of pyridine rings is 1. The van der Waals surface area contributed by atoms with Crippen molar-refractivity contribution in [1.82, 2.24) is 20.1 Å². The van der Waals surface area contributed by atoms with E-state index in [0.717, 1.165) is 18.9 Å². The van der Waals surface area contributed by atoms with Gasteiger partial charge in [0, 0.05) is 38.4 Å². The number of anilines is 1. The van der Waals surface area contributed by atoms with Gasteiger partial charge in [-0.3, -0.25) is 9.59 Å². The van der Waals surface area contributed by atoms with E-state index in [9.17, 15) is 9.59 Å². The van der Waals surface area contributed by atoms with E-state index in [1.807, 2.05) is 18.2 Å².